The van der Waals surface area contributed by atoms with Crippen LogP contribution in [0.4, 0.5) is 0 Å². The Hall–Kier alpha value is -0.180. The number of hydrogen-bond donors (Lipinski definition) is 1. The maximum atomic E-state index is 10.3. The number of unbranched alkanes of at least 4 members (excludes halogenated alkanes) is 3. The third kappa shape index (κ3) is 9.74. The Morgan fingerprint density at radius 3 is 2.62 bits per heavy atom. The number of thioether (sulfide) groups is 1. The van der Waals surface area contributed by atoms with Crippen LogP contribution in [0.3, 0.4) is 0 Å². The summed E-state index contributed by atoms with van der Waals surface area (Å²) in [5.41, 5.74) is 0. The van der Waals surface area contributed by atoms with Crippen LogP contribution in [0.5, 0.6) is 0 Å². The highest BCUT2D eigenvalue weighted by Gasteiger charge is 2.06. The van der Waals surface area contributed by atoms with Gasteiger partial charge in [0.2, 0.25) is 0 Å². The molecule has 3 heteroatoms. The lowest BCUT2D eigenvalue weighted by molar-refractivity contribution is -0.136. The summed E-state index contributed by atoms with van der Waals surface area (Å²) in [6, 6.07) is 0. The summed E-state index contributed by atoms with van der Waals surface area (Å²) in [5, 5.41) is 8.77. The Labute approximate surface area is 85.1 Å². The average molecular weight is 204 g/mol. The monoisotopic (exact) mass is 204 g/mol. The fraction of sp³-hybridized carbons (Fsp3) is 0.900. The number of carboxylic acids is 1. The van der Waals surface area contributed by atoms with Crippen molar-refractivity contribution in [3.63, 3.8) is 0 Å². The van der Waals surface area contributed by atoms with Gasteiger partial charge in [-0.05, 0) is 12.2 Å². The summed E-state index contributed by atoms with van der Waals surface area (Å²) < 4.78 is 0. The minimum absolute atomic E-state index is 0.263. The minimum atomic E-state index is -0.687. The maximum Gasteiger partial charge on any atom is 0.304 e. The van der Waals surface area contributed by atoms with E-state index in [9.17, 15) is 4.79 Å². The summed E-state index contributed by atoms with van der Waals surface area (Å²) in [6.45, 7) is 4.18. The molecule has 1 N–H and O–H groups in total. The molecule has 1 atom stereocenters. The summed E-state index contributed by atoms with van der Waals surface area (Å²) >= 11 is 1.77. The third-order valence-corrected chi connectivity index (χ3v) is 3.12. The third-order valence-electron chi connectivity index (χ3n) is 1.86. The van der Waals surface area contributed by atoms with E-state index in [1.807, 2.05) is 6.92 Å². The molecule has 0 bridgehead atoms. The Bertz CT molecular complexity index is 137. The second-order valence-corrected chi connectivity index (χ2v) is 4.89. The zero-order valence-corrected chi connectivity index (χ0v) is 9.40. The van der Waals surface area contributed by atoms with Crippen molar-refractivity contribution < 1.29 is 9.90 Å². The maximum absolute atomic E-state index is 10.3. The first-order valence-electron chi connectivity index (χ1n) is 5.00. The second-order valence-electron chi connectivity index (χ2n) is 3.34. The van der Waals surface area contributed by atoms with E-state index in [1.165, 1.54) is 25.7 Å². The smallest absolute Gasteiger partial charge is 0.304 e. The van der Waals surface area contributed by atoms with Crippen molar-refractivity contribution in [2.45, 2.75) is 51.2 Å². The molecule has 0 saturated carbocycles. The van der Waals surface area contributed by atoms with E-state index in [2.05, 4.69) is 6.92 Å². The molecule has 0 aliphatic rings. The molecule has 0 aliphatic heterocycles. The van der Waals surface area contributed by atoms with Crippen molar-refractivity contribution in [3.05, 3.63) is 0 Å². The number of carboxylic acid groups (broad SMARTS) is 1. The summed E-state index contributed by atoms with van der Waals surface area (Å²) in [4.78, 5) is 10.3. The number of rotatable bonds is 8. The van der Waals surface area contributed by atoms with Gasteiger partial charge in [-0.1, -0.05) is 33.1 Å². The predicted octanol–water partition coefficient (Wildman–Crippen LogP) is 3.16. The first-order valence-corrected chi connectivity index (χ1v) is 6.05. The molecule has 0 radical (unpaired) electrons. The van der Waals surface area contributed by atoms with Crippen LogP contribution in [0.2, 0.25) is 0 Å². The molecule has 2 nitrogen and oxygen atoms in total. The van der Waals surface area contributed by atoms with Crippen molar-refractivity contribution >= 4 is 17.7 Å². The standard InChI is InChI=1S/C10H20O2S/c1-3-4-5-6-7-13-9(2)8-10(11)12/h9H,3-8H2,1-2H3,(H,11,12). The van der Waals surface area contributed by atoms with Crippen LogP contribution in [0.15, 0.2) is 0 Å². The Balaban J connectivity index is 3.17. The molecule has 78 valence electrons. The summed E-state index contributed by atoms with van der Waals surface area (Å²) in [5.74, 6) is 0.419. The van der Waals surface area contributed by atoms with Crippen LogP contribution < -0.4 is 0 Å². The topological polar surface area (TPSA) is 37.3 Å². The Morgan fingerprint density at radius 2 is 2.08 bits per heavy atom. The molecule has 13 heavy (non-hydrogen) atoms. The first kappa shape index (κ1) is 12.8. The van der Waals surface area contributed by atoms with Gasteiger partial charge in [0.25, 0.3) is 0 Å². The van der Waals surface area contributed by atoms with Gasteiger partial charge in [-0.25, -0.2) is 0 Å². The van der Waals surface area contributed by atoms with Gasteiger partial charge in [0, 0.05) is 5.25 Å². The van der Waals surface area contributed by atoms with Crippen LogP contribution in [0.25, 0.3) is 0 Å². The zero-order chi connectivity index (χ0) is 10.1. The molecule has 0 amide bonds. The van der Waals surface area contributed by atoms with E-state index in [4.69, 9.17) is 5.11 Å². The summed E-state index contributed by atoms with van der Waals surface area (Å²) in [6.07, 6.45) is 5.35. The van der Waals surface area contributed by atoms with Gasteiger partial charge in [-0.3, -0.25) is 4.79 Å². The quantitative estimate of drug-likeness (QED) is 0.617. The van der Waals surface area contributed by atoms with Gasteiger partial charge in [-0.15, -0.1) is 0 Å². The second kappa shape index (κ2) is 8.42. The van der Waals surface area contributed by atoms with Crippen LogP contribution in [-0.2, 0) is 4.79 Å². The lowest BCUT2D eigenvalue weighted by Crippen LogP contribution is -2.06. The van der Waals surface area contributed by atoms with Crippen molar-refractivity contribution in [2.24, 2.45) is 0 Å². The fourth-order valence-corrected chi connectivity index (χ4v) is 2.15. The number of aliphatic carboxylic acids is 1. The lowest BCUT2D eigenvalue weighted by atomic mass is 10.2. The highest BCUT2D eigenvalue weighted by Crippen LogP contribution is 2.16. The minimum Gasteiger partial charge on any atom is -0.481 e. The van der Waals surface area contributed by atoms with Gasteiger partial charge in [0.15, 0.2) is 0 Å². The largest absolute Gasteiger partial charge is 0.481 e. The highest BCUT2D eigenvalue weighted by molar-refractivity contribution is 7.99. The van der Waals surface area contributed by atoms with Crippen LogP contribution in [-0.4, -0.2) is 22.1 Å². The molecule has 0 heterocycles. The molecule has 0 rings (SSSR count). The van der Waals surface area contributed by atoms with E-state index in [1.54, 1.807) is 11.8 Å². The number of hydrogen-bond acceptors (Lipinski definition) is 2. The molecule has 0 aromatic carbocycles. The van der Waals surface area contributed by atoms with Crippen LogP contribution in [0, 0.1) is 0 Å². The molecule has 0 aromatic heterocycles. The van der Waals surface area contributed by atoms with Gasteiger partial charge in [-0.2, -0.15) is 11.8 Å². The van der Waals surface area contributed by atoms with E-state index in [0.29, 0.717) is 6.42 Å². The summed E-state index contributed by atoms with van der Waals surface area (Å²) in [7, 11) is 0. The SMILES string of the molecule is CCCCCCSC(C)CC(=O)O. The molecule has 1 unspecified atom stereocenters. The first-order chi connectivity index (χ1) is 6.16. The Morgan fingerprint density at radius 1 is 1.38 bits per heavy atom. The zero-order valence-electron chi connectivity index (χ0n) is 8.58. The molecule has 0 fully saturated rings. The average Bonchev–Trinajstić information content (AvgIpc) is 2.02. The lowest BCUT2D eigenvalue weighted by Gasteiger charge is -2.07. The van der Waals surface area contributed by atoms with E-state index in [-0.39, 0.29) is 5.25 Å². The molecule has 0 aliphatic carbocycles. The van der Waals surface area contributed by atoms with Crippen LogP contribution in [0.1, 0.15) is 46.0 Å². The molecular formula is C10H20O2S. The molecular weight excluding hydrogens is 184 g/mol. The van der Waals surface area contributed by atoms with Crippen molar-refractivity contribution in [3.8, 4) is 0 Å². The van der Waals surface area contributed by atoms with E-state index in [0.717, 1.165) is 5.75 Å². The molecule has 0 spiro atoms. The fourth-order valence-electron chi connectivity index (χ4n) is 1.12. The van der Waals surface area contributed by atoms with Crippen molar-refractivity contribution in [1.29, 1.82) is 0 Å². The molecule has 0 aromatic rings. The van der Waals surface area contributed by atoms with Gasteiger partial charge < -0.3 is 5.11 Å². The normalized spacial score (nSPS) is 12.8. The van der Waals surface area contributed by atoms with Crippen molar-refractivity contribution in [2.75, 3.05) is 5.75 Å². The highest BCUT2D eigenvalue weighted by atomic mass is 32.2. The van der Waals surface area contributed by atoms with Gasteiger partial charge in [0.05, 0.1) is 6.42 Å². The van der Waals surface area contributed by atoms with Crippen molar-refractivity contribution in [1.82, 2.24) is 0 Å². The van der Waals surface area contributed by atoms with Crippen LogP contribution >= 0.6 is 11.8 Å². The van der Waals surface area contributed by atoms with Gasteiger partial charge >= 0.3 is 5.97 Å². The molecule has 0 saturated heterocycles. The Kier molecular flexibility index (Phi) is 8.30. The predicted molar refractivity (Wildman–Crippen MR) is 58.3 cm³/mol. The van der Waals surface area contributed by atoms with E-state index < -0.39 is 5.97 Å². The van der Waals surface area contributed by atoms with Gasteiger partial charge in [0.1, 0.15) is 0 Å². The number of carbonyl (C=O) groups is 1. The van der Waals surface area contributed by atoms with E-state index >= 15 is 0 Å².